The predicted octanol–water partition coefficient (Wildman–Crippen LogP) is 2.36. The summed E-state index contributed by atoms with van der Waals surface area (Å²) < 4.78 is 4.94. The molecule has 0 aromatic heterocycles. The van der Waals surface area contributed by atoms with Crippen LogP contribution in [0.15, 0.2) is 48.5 Å². The first-order valence-corrected chi connectivity index (χ1v) is 9.35. The maximum atomic E-state index is 12.6. The van der Waals surface area contributed by atoms with E-state index < -0.39 is 17.5 Å². The highest BCUT2D eigenvalue weighted by Gasteiger charge is 2.17. The fourth-order valence-corrected chi connectivity index (χ4v) is 3.09. The monoisotopic (exact) mass is 411 g/mol. The molecular weight excluding hydrogens is 390 g/mol. The highest BCUT2D eigenvalue weighted by atomic mass is 16.6. The number of piperazine rings is 1. The SMILES string of the molecule is O=C(O)COc1ccc(C=CC(=O)c2cccc(N3CCNCC3)c2)cc1[N+](=O)[O-]. The zero-order valence-electron chi connectivity index (χ0n) is 16.1. The number of allylic oxidation sites excluding steroid dienone is 1. The number of hydrogen-bond donors (Lipinski definition) is 2. The average Bonchev–Trinajstić information content (AvgIpc) is 2.76. The van der Waals surface area contributed by atoms with E-state index in [1.54, 1.807) is 6.07 Å². The van der Waals surface area contributed by atoms with Crippen LogP contribution < -0.4 is 15.0 Å². The number of nitro benzene ring substituents is 1. The minimum Gasteiger partial charge on any atom is -0.479 e. The number of carboxylic acid groups (broad SMARTS) is 1. The van der Waals surface area contributed by atoms with Crippen LogP contribution in [0.3, 0.4) is 0 Å². The van der Waals surface area contributed by atoms with Crippen molar-refractivity contribution >= 4 is 29.2 Å². The van der Waals surface area contributed by atoms with E-state index in [9.17, 15) is 19.7 Å². The molecule has 1 aliphatic heterocycles. The Morgan fingerprint density at radius 2 is 1.97 bits per heavy atom. The highest BCUT2D eigenvalue weighted by molar-refractivity contribution is 6.07. The lowest BCUT2D eigenvalue weighted by atomic mass is 10.1. The van der Waals surface area contributed by atoms with Crippen molar-refractivity contribution in [2.45, 2.75) is 0 Å². The van der Waals surface area contributed by atoms with Gasteiger partial charge in [0.1, 0.15) is 0 Å². The largest absolute Gasteiger partial charge is 0.479 e. The number of carbonyl (C=O) groups excluding carboxylic acids is 1. The third-order valence-corrected chi connectivity index (χ3v) is 4.57. The van der Waals surface area contributed by atoms with Gasteiger partial charge in [0.15, 0.2) is 18.1 Å². The topological polar surface area (TPSA) is 122 Å². The van der Waals surface area contributed by atoms with Crippen molar-refractivity contribution in [3.05, 3.63) is 69.8 Å². The van der Waals surface area contributed by atoms with Crippen molar-refractivity contribution in [2.24, 2.45) is 0 Å². The molecule has 1 heterocycles. The molecule has 1 saturated heterocycles. The van der Waals surface area contributed by atoms with Gasteiger partial charge in [-0.15, -0.1) is 0 Å². The summed E-state index contributed by atoms with van der Waals surface area (Å²) in [6.45, 7) is 2.84. The van der Waals surface area contributed by atoms with Crippen LogP contribution in [-0.4, -0.2) is 54.6 Å². The molecule has 2 aromatic carbocycles. The molecule has 0 amide bonds. The number of hydrogen-bond acceptors (Lipinski definition) is 7. The molecule has 156 valence electrons. The molecule has 3 rings (SSSR count). The summed E-state index contributed by atoms with van der Waals surface area (Å²) in [5.74, 6) is -1.60. The van der Waals surface area contributed by atoms with Gasteiger partial charge in [0.25, 0.3) is 0 Å². The van der Waals surface area contributed by atoms with Gasteiger partial charge < -0.3 is 20.1 Å². The fraction of sp³-hybridized carbons (Fsp3) is 0.238. The van der Waals surface area contributed by atoms with Crippen LogP contribution in [0.1, 0.15) is 15.9 Å². The average molecular weight is 411 g/mol. The molecule has 30 heavy (non-hydrogen) atoms. The summed E-state index contributed by atoms with van der Waals surface area (Å²) >= 11 is 0. The predicted molar refractivity (Wildman–Crippen MR) is 111 cm³/mol. The number of ketones is 1. The summed E-state index contributed by atoms with van der Waals surface area (Å²) in [6.07, 6.45) is 2.83. The van der Waals surface area contributed by atoms with E-state index in [2.05, 4.69) is 10.2 Å². The van der Waals surface area contributed by atoms with Gasteiger partial charge in [-0.05, 0) is 29.8 Å². The Kier molecular flexibility index (Phi) is 6.76. The van der Waals surface area contributed by atoms with Crippen LogP contribution >= 0.6 is 0 Å². The quantitative estimate of drug-likeness (QED) is 0.294. The first-order valence-electron chi connectivity index (χ1n) is 9.35. The van der Waals surface area contributed by atoms with Gasteiger partial charge in [0, 0.05) is 43.5 Å². The number of benzene rings is 2. The lowest BCUT2D eigenvalue weighted by Crippen LogP contribution is -2.43. The van der Waals surface area contributed by atoms with E-state index in [1.165, 1.54) is 30.4 Å². The lowest BCUT2D eigenvalue weighted by molar-refractivity contribution is -0.385. The van der Waals surface area contributed by atoms with Gasteiger partial charge in [0.2, 0.25) is 0 Å². The Balaban J connectivity index is 1.75. The molecule has 2 aromatic rings. The molecule has 0 unspecified atom stereocenters. The van der Waals surface area contributed by atoms with E-state index in [0.29, 0.717) is 11.1 Å². The van der Waals surface area contributed by atoms with E-state index in [1.807, 2.05) is 18.2 Å². The van der Waals surface area contributed by atoms with Crippen molar-refractivity contribution in [1.29, 1.82) is 0 Å². The number of carboxylic acids is 1. The maximum Gasteiger partial charge on any atom is 0.341 e. The highest BCUT2D eigenvalue weighted by Crippen LogP contribution is 2.28. The molecule has 0 saturated carbocycles. The zero-order chi connectivity index (χ0) is 21.5. The Hall–Kier alpha value is -3.72. The van der Waals surface area contributed by atoms with Crippen molar-refractivity contribution in [1.82, 2.24) is 5.32 Å². The normalized spacial score (nSPS) is 13.9. The molecule has 9 heteroatoms. The Bertz CT molecular complexity index is 982. The summed E-state index contributed by atoms with van der Waals surface area (Å²) in [6, 6.07) is 11.4. The minimum atomic E-state index is -1.23. The van der Waals surface area contributed by atoms with Crippen LogP contribution in [0.25, 0.3) is 6.08 Å². The number of carbonyl (C=O) groups is 2. The molecule has 0 aliphatic carbocycles. The molecule has 9 nitrogen and oxygen atoms in total. The Morgan fingerprint density at radius 1 is 1.20 bits per heavy atom. The van der Waals surface area contributed by atoms with Gasteiger partial charge in [-0.25, -0.2) is 4.79 Å². The first kappa shape index (κ1) is 21.0. The molecule has 0 radical (unpaired) electrons. The number of rotatable bonds is 8. The number of anilines is 1. The third kappa shape index (κ3) is 5.42. The first-order chi connectivity index (χ1) is 14.4. The van der Waals surface area contributed by atoms with Crippen LogP contribution in [0, 0.1) is 10.1 Å². The van der Waals surface area contributed by atoms with E-state index in [-0.39, 0.29) is 17.2 Å². The van der Waals surface area contributed by atoms with Crippen LogP contribution in [0.5, 0.6) is 5.75 Å². The summed E-state index contributed by atoms with van der Waals surface area (Å²) in [7, 11) is 0. The smallest absolute Gasteiger partial charge is 0.341 e. The van der Waals surface area contributed by atoms with Crippen LogP contribution in [0.2, 0.25) is 0 Å². The van der Waals surface area contributed by atoms with Crippen LogP contribution in [0.4, 0.5) is 11.4 Å². The van der Waals surface area contributed by atoms with Gasteiger partial charge in [-0.2, -0.15) is 0 Å². The van der Waals surface area contributed by atoms with Gasteiger partial charge in [0.05, 0.1) is 4.92 Å². The second kappa shape index (κ2) is 9.66. The van der Waals surface area contributed by atoms with Crippen molar-refractivity contribution < 1.29 is 24.4 Å². The molecule has 0 bridgehead atoms. The number of aliphatic carboxylic acids is 1. The van der Waals surface area contributed by atoms with E-state index in [0.717, 1.165) is 31.9 Å². The van der Waals surface area contributed by atoms with E-state index in [4.69, 9.17) is 9.84 Å². The molecule has 1 fully saturated rings. The van der Waals surface area contributed by atoms with Crippen LogP contribution in [-0.2, 0) is 4.79 Å². The zero-order valence-corrected chi connectivity index (χ0v) is 16.1. The molecule has 0 atom stereocenters. The van der Waals surface area contributed by atoms with Gasteiger partial charge >= 0.3 is 11.7 Å². The maximum absolute atomic E-state index is 12.6. The van der Waals surface area contributed by atoms with Crippen molar-refractivity contribution in [2.75, 3.05) is 37.7 Å². The standard InChI is InChI=1S/C21H21N3O6/c25-19(16-2-1-3-17(13-16)23-10-8-22-9-11-23)6-4-15-5-7-20(30-14-21(26)27)18(12-15)24(28)29/h1-7,12-13,22H,8-11,14H2,(H,26,27). The lowest BCUT2D eigenvalue weighted by Gasteiger charge is -2.29. The summed E-state index contributed by atoms with van der Waals surface area (Å²) in [5.41, 5.74) is 1.56. The molecule has 0 spiro atoms. The van der Waals surface area contributed by atoms with Crippen molar-refractivity contribution in [3.8, 4) is 5.75 Å². The Morgan fingerprint density at radius 3 is 2.67 bits per heavy atom. The molecule has 2 N–H and O–H groups in total. The van der Waals surface area contributed by atoms with Crippen molar-refractivity contribution in [3.63, 3.8) is 0 Å². The minimum absolute atomic E-state index is 0.144. The number of nitrogens with zero attached hydrogens (tertiary/aromatic N) is 2. The summed E-state index contributed by atoms with van der Waals surface area (Å²) in [4.78, 5) is 36.0. The second-order valence-corrected chi connectivity index (χ2v) is 6.65. The second-order valence-electron chi connectivity index (χ2n) is 6.65. The molecular formula is C21H21N3O6. The molecule has 1 aliphatic rings. The number of nitrogens with one attached hydrogen (secondary N) is 1. The third-order valence-electron chi connectivity index (χ3n) is 4.57. The summed E-state index contributed by atoms with van der Waals surface area (Å²) in [5, 5.41) is 23.2. The van der Waals surface area contributed by atoms with Gasteiger partial charge in [-0.1, -0.05) is 24.3 Å². The fourth-order valence-electron chi connectivity index (χ4n) is 3.09. The van der Waals surface area contributed by atoms with Gasteiger partial charge in [-0.3, -0.25) is 14.9 Å². The Labute approximate surface area is 172 Å². The number of ether oxygens (including phenoxy) is 1. The van der Waals surface area contributed by atoms with E-state index >= 15 is 0 Å². The number of nitro groups is 1.